The van der Waals surface area contributed by atoms with Crippen LogP contribution in [0, 0.1) is 17.7 Å². The van der Waals surface area contributed by atoms with E-state index in [2.05, 4.69) is 5.32 Å². The van der Waals surface area contributed by atoms with Gasteiger partial charge in [0.05, 0.1) is 22.9 Å². The van der Waals surface area contributed by atoms with Gasteiger partial charge in [0.15, 0.2) is 0 Å². The molecule has 1 heterocycles. The molecule has 0 spiro atoms. The van der Waals surface area contributed by atoms with E-state index >= 15 is 0 Å². The number of hydrogen-bond donors (Lipinski definition) is 2. The first-order chi connectivity index (χ1) is 11.2. The molecule has 0 radical (unpaired) electrons. The van der Waals surface area contributed by atoms with Gasteiger partial charge in [0, 0.05) is 20.0 Å². The Morgan fingerprint density at radius 1 is 1.50 bits per heavy atom. The molecule has 1 aromatic rings. The minimum Gasteiger partial charge on any atom is -0.481 e. The molecule has 2 rings (SSSR count). The summed E-state index contributed by atoms with van der Waals surface area (Å²) in [5.41, 5.74) is 0.469. The fourth-order valence-electron chi connectivity index (χ4n) is 2.73. The lowest BCUT2D eigenvalue weighted by Crippen LogP contribution is -2.38. The molecule has 24 heavy (non-hydrogen) atoms. The van der Waals surface area contributed by atoms with Crippen LogP contribution in [0.25, 0.3) is 0 Å². The average molecular weight is 357 g/mol. The highest BCUT2D eigenvalue weighted by molar-refractivity contribution is 6.30. The third-order valence-electron chi connectivity index (χ3n) is 4.21. The van der Waals surface area contributed by atoms with Crippen molar-refractivity contribution in [2.75, 3.05) is 13.6 Å². The Bertz CT molecular complexity index is 682. The normalized spacial score (nSPS) is 21.7. The van der Waals surface area contributed by atoms with E-state index in [1.54, 1.807) is 13.1 Å². The van der Waals surface area contributed by atoms with Crippen LogP contribution < -0.4 is 5.32 Å². The number of halogens is 2. The van der Waals surface area contributed by atoms with Crippen LogP contribution >= 0.6 is 11.6 Å². The fourth-order valence-corrected chi connectivity index (χ4v) is 2.85. The van der Waals surface area contributed by atoms with Gasteiger partial charge in [0.25, 0.3) is 0 Å². The number of hydrogen-bond acceptors (Lipinski definition) is 3. The molecule has 3 unspecified atom stereocenters. The number of nitrogens with one attached hydrogen (secondary N) is 1. The molecule has 1 aliphatic rings. The predicted molar refractivity (Wildman–Crippen MR) is 84.8 cm³/mol. The zero-order valence-electron chi connectivity index (χ0n) is 13.3. The lowest BCUT2D eigenvalue weighted by Gasteiger charge is -2.25. The Hall–Kier alpha value is -2.15. The summed E-state index contributed by atoms with van der Waals surface area (Å²) in [6, 6.07) is 3.54. The fraction of sp³-hybridized carbons (Fsp3) is 0.438. The first-order valence-corrected chi connectivity index (χ1v) is 7.81. The molecule has 3 atom stereocenters. The van der Waals surface area contributed by atoms with Gasteiger partial charge >= 0.3 is 5.97 Å². The largest absolute Gasteiger partial charge is 0.481 e. The Kier molecular flexibility index (Phi) is 5.43. The van der Waals surface area contributed by atoms with E-state index in [0.29, 0.717) is 5.56 Å². The SMILES string of the molecule is CC(CNC(=O)C1CC(=O)N(C)C1c1ccc(Cl)c(F)c1)C(=O)O. The molecule has 8 heteroatoms. The van der Waals surface area contributed by atoms with Gasteiger partial charge in [0.1, 0.15) is 5.82 Å². The number of likely N-dealkylation sites (tertiary alicyclic amines) is 1. The molecule has 6 nitrogen and oxygen atoms in total. The van der Waals surface area contributed by atoms with E-state index in [-0.39, 0.29) is 23.9 Å². The second-order valence-corrected chi connectivity index (χ2v) is 6.33. The van der Waals surface area contributed by atoms with Gasteiger partial charge < -0.3 is 15.3 Å². The first kappa shape index (κ1) is 18.2. The molecular formula is C16H18ClFN2O4. The smallest absolute Gasteiger partial charge is 0.308 e. The number of benzene rings is 1. The molecule has 130 valence electrons. The van der Waals surface area contributed by atoms with Crippen molar-refractivity contribution in [2.24, 2.45) is 11.8 Å². The Morgan fingerprint density at radius 3 is 2.75 bits per heavy atom. The van der Waals surface area contributed by atoms with Gasteiger partial charge in [0.2, 0.25) is 11.8 Å². The van der Waals surface area contributed by atoms with E-state index in [1.807, 2.05) is 0 Å². The van der Waals surface area contributed by atoms with Gasteiger partial charge in [-0.15, -0.1) is 0 Å². The summed E-state index contributed by atoms with van der Waals surface area (Å²) in [7, 11) is 1.55. The van der Waals surface area contributed by atoms with E-state index in [1.165, 1.54) is 24.0 Å². The highest BCUT2D eigenvalue weighted by Gasteiger charge is 2.42. The lowest BCUT2D eigenvalue weighted by molar-refractivity contribution is -0.141. The molecule has 2 amide bonds. The first-order valence-electron chi connectivity index (χ1n) is 7.43. The molecule has 1 aromatic carbocycles. The Labute approximate surface area is 143 Å². The quantitative estimate of drug-likeness (QED) is 0.842. The van der Waals surface area contributed by atoms with Crippen molar-refractivity contribution in [1.82, 2.24) is 10.2 Å². The number of rotatable bonds is 5. The van der Waals surface area contributed by atoms with Crippen LogP contribution in [0.5, 0.6) is 0 Å². The third-order valence-corrected chi connectivity index (χ3v) is 4.52. The van der Waals surface area contributed by atoms with Gasteiger partial charge in [-0.3, -0.25) is 14.4 Å². The number of carboxylic acid groups (broad SMARTS) is 1. The topological polar surface area (TPSA) is 86.7 Å². The van der Waals surface area contributed by atoms with Gasteiger partial charge in [-0.05, 0) is 17.7 Å². The highest BCUT2D eigenvalue weighted by atomic mass is 35.5. The number of aliphatic carboxylic acids is 1. The molecule has 0 aromatic heterocycles. The van der Waals surface area contributed by atoms with Crippen LogP contribution in [0.2, 0.25) is 5.02 Å². The van der Waals surface area contributed by atoms with E-state index in [4.69, 9.17) is 16.7 Å². The molecule has 0 saturated carbocycles. The molecule has 2 N–H and O–H groups in total. The summed E-state index contributed by atoms with van der Waals surface area (Å²) in [6.07, 6.45) is -0.0152. The summed E-state index contributed by atoms with van der Waals surface area (Å²) in [5.74, 6) is -3.77. The van der Waals surface area contributed by atoms with Crippen molar-refractivity contribution >= 4 is 29.4 Å². The lowest BCUT2D eigenvalue weighted by atomic mass is 9.92. The van der Waals surface area contributed by atoms with Crippen molar-refractivity contribution in [3.8, 4) is 0 Å². The summed E-state index contributed by atoms with van der Waals surface area (Å²) in [6.45, 7) is 1.44. The van der Waals surface area contributed by atoms with Crippen molar-refractivity contribution in [3.63, 3.8) is 0 Å². The van der Waals surface area contributed by atoms with Crippen LogP contribution in [0.3, 0.4) is 0 Å². The number of carboxylic acids is 1. The van der Waals surface area contributed by atoms with Gasteiger partial charge in [-0.2, -0.15) is 0 Å². The van der Waals surface area contributed by atoms with Gasteiger partial charge in [-0.1, -0.05) is 24.6 Å². The number of amides is 2. The Morgan fingerprint density at radius 2 is 2.17 bits per heavy atom. The summed E-state index contributed by atoms with van der Waals surface area (Å²) >= 11 is 5.68. The maximum absolute atomic E-state index is 13.7. The van der Waals surface area contributed by atoms with Crippen LogP contribution in [0.4, 0.5) is 4.39 Å². The minimum atomic E-state index is -1.02. The summed E-state index contributed by atoms with van der Waals surface area (Å²) < 4.78 is 13.7. The maximum Gasteiger partial charge on any atom is 0.308 e. The van der Waals surface area contributed by atoms with Crippen molar-refractivity contribution < 1.29 is 23.9 Å². The van der Waals surface area contributed by atoms with Crippen LogP contribution in [-0.4, -0.2) is 41.4 Å². The molecular weight excluding hydrogens is 339 g/mol. The summed E-state index contributed by atoms with van der Waals surface area (Å²) in [4.78, 5) is 36.6. The van der Waals surface area contributed by atoms with E-state index in [9.17, 15) is 18.8 Å². The van der Waals surface area contributed by atoms with Crippen molar-refractivity contribution in [1.29, 1.82) is 0 Å². The number of nitrogens with zero attached hydrogens (tertiary/aromatic N) is 1. The second-order valence-electron chi connectivity index (χ2n) is 5.92. The van der Waals surface area contributed by atoms with Crippen LogP contribution in [0.1, 0.15) is 24.9 Å². The van der Waals surface area contributed by atoms with Gasteiger partial charge in [-0.25, -0.2) is 4.39 Å². The second kappa shape index (κ2) is 7.17. The predicted octanol–water partition coefficient (Wildman–Crippen LogP) is 1.84. The third kappa shape index (κ3) is 3.67. The molecule has 0 aliphatic carbocycles. The van der Waals surface area contributed by atoms with Crippen molar-refractivity contribution in [2.45, 2.75) is 19.4 Å². The Balaban J connectivity index is 2.20. The average Bonchev–Trinajstić information content (AvgIpc) is 2.83. The van der Waals surface area contributed by atoms with Crippen molar-refractivity contribution in [3.05, 3.63) is 34.6 Å². The number of carbonyl (C=O) groups is 3. The van der Waals surface area contributed by atoms with Crippen LogP contribution in [-0.2, 0) is 14.4 Å². The van der Waals surface area contributed by atoms with E-state index < -0.39 is 35.6 Å². The standard InChI is InChI=1S/C16H18ClFN2O4/c1-8(16(23)24)7-19-15(22)10-6-13(21)20(2)14(10)9-3-4-11(17)12(18)5-9/h3-5,8,10,14H,6-7H2,1-2H3,(H,19,22)(H,23,24). The van der Waals surface area contributed by atoms with E-state index in [0.717, 1.165) is 0 Å². The molecule has 1 aliphatic heterocycles. The zero-order valence-corrected chi connectivity index (χ0v) is 14.0. The highest BCUT2D eigenvalue weighted by Crippen LogP contribution is 2.38. The zero-order chi connectivity index (χ0) is 18.0. The molecule has 0 bridgehead atoms. The molecule has 1 fully saturated rings. The molecule has 1 saturated heterocycles. The maximum atomic E-state index is 13.7. The number of carbonyl (C=O) groups excluding carboxylic acids is 2. The summed E-state index contributed by atoms with van der Waals surface area (Å²) in [5, 5.41) is 11.4. The monoisotopic (exact) mass is 356 g/mol. The van der Waals surface area contributed by atoms with Crippen LogP contribution in [0.15, 0.2) is 18.2 Å². The minimum absolute atomic E-state index is 0.0152.